The van der Waals surface area contributed by atoms with Crippen molar-refractivity contribution in [2.75, 3.05) is 11.9 Å². The van der Waals surface area contributed by atoms with Crippen LogP contribution in [0.1, 0.15) is 36.5 Å². The first-order valence-corrected chi connectivity index (χ1v) is 10.5. The van der Waals surface area contributed by atoms with Crippen molar-refractivity contribution in [3.8, 4) is 17.1 Å². The monoisotopic (exact) mass is 417 g/mol. The number of fused-ring (bicyclic) bond motifs is 1. The summed E-state index contributed by atoms with van der Waals surface area (Å²) in [6.45, 7) is 4.81. The maximum absolute atomic E-state index is 7.59. The number of aromatic nitrogens is 5. The number of anilines is 1. The molecule has 4 aromatic rings. The van der Waals surface area contributed by atoms with E-state index in [1.807, 2.05) is 29.0 Å². The molecule has 0 bridgehead atoms. The Labute approximate surface area is 186 Å². The highest BCUT2D eigenvalue weighted by Crippen LogP contribution is 2.33. The van der Waals surface area contributed by atoms with Crippen LogP contribution in [0.4, 0.5) is 5.82 Å². The van der Waals surface area contributed by atoms with E-state index in [0.717, 1.165) is 29.9 Å². The number of pyridine rings is 1. The van der Waals surface area contributed by atoms with Crippen LogP contribution < -0.4 is 9.64 Å². The van der Waals surface area contributed by atoms with Gasteiger partial charge < -0.3 is 14.2 Å². The quantitative estimate of drug-likeness (QED) is 0.482. The standard InChI is InChI=1S/C24H26N6O/c1-16-7-8-17(2)30(16)22-10-9-18(13-27-22)24-28-20-5-4-6-21(31-3)23(20)29(24)15-19-14-25-11-12-26-19/h4-6,9-14,16-17H,7-8,15H2,1-3H3/t16-,17-/m0/s1/i3D3. The maximum Gasteiger partial charge on any atom is 0.144 e. The van der Waals surface area contributed by atoms with Gasteiger partial charge in [-0.05, 0) is 51.0 Å². The van der Waals surface area contributed by atoms with Gasteiger partial charge in [0.05, 0.1) is 35.1 Å². The molecule has 2 atom stereocenters. The Balaban J connectivity index is 1.61. The van der Waals surface area contributed by atoms with Gasteiger partial charge in [-0.1, -0.05) is 6.07 Å². The van der Waals surface area contributed by atoms with E-state index < -0.39 is 7.04 Å². The molecule has 1 saturated heterocycles. The number of hydrogen-bond acceptors (Lipinski definition) is 6. The van der Waals surface area contributed by atoms with Crippen LogP contribution >= 0.6 is 0 Å². The van der Waals surface area contributed by atoms with E-state index >= 15 is 0 Å². The van der Waals surface area contributed by atoms with E-state index in [0.29, 0.717) is 35.5 Å². The minimum atomic E-state index is -2.58. The van der Waals surface area contributed by atoms with Gasteiger partial charge in [0.2, 0.25) is 0 Å². The van der Waals surface area contributed by atoms with Gasteiger partial charge in [0, 0.05) is 36.2 Å². The van der Waals surface area contributed by atoms with Crippen molar-refractivity contribution >= 4 is 16.9 Å². The van der Waals surface area contributed by atoms with Crippen molar-refractivity contribution in [3.63, 3.8) is 0 Å². The summed E-state index contributed by atoms with van der Waals surface area (Å²) in [4.78, 5) is 20.5. The lowest BCUT2D eigenvalue weighted by Crippen LogP contribution is -2.33. The highest BCUT2D eigenvalue weighted by Gasteiger charge is 2.28. The van der Waals surface area contributed by atoms with E-state index in [-0.39, 0.29) is 5.75 Å². The van der Waals surface area contributed by atoms with Crippen LogP contribution in [0, 0.1) is 0 Å². The van der Waals surface area contributed by atoms with Crippen LogP contribution in [0.2, 0.25) is 0 Å². The third kappa shape index (κ3) is 3.50. The van der Waals surface area contributed by atoms with E-state index in [1.165, 1.54) is 0 Å². The Morgan fingerprint density at radius 1 is 1.06 bits per heavy atom. The number of methoxy groups -OCH3 is 1. The molecule has 7 heteroatoms. The van der Waals surface area contributed by atoms with Gasteiger partial charge in [-0.15, -0.1) is 0 Å². The second kappa shape index (κ2) is 7.98. The van der Waals surface area contributed by atoms with E-state index in [9.17, 15) is 0 Å². The lowest BCUT2D eigenvalue weighted by molar-refractivity contribution is 0.417. The first-order chi connectivity index (χ1) is 16.3. The van der Waals surface area contributed by atoms with Crippen LogP contribution in [0.15, 0.2) is 55.1 Å². The molecular weight excluding hydrogens is 388 g/mol. The number of hydrogen-bond donors (Lipinski definition) is 0. The molecule has 1 aliphatic rings. The molecular formula is C24H26N6O. The fraction of sp³-hybridized carbons (Fsp3) is 0.333. The maximum atomic E-state index is 7.59. The first-order valence-electron chi connectivity index (χ1n) is 12.0. The summed E-state index contributed by atoms with van der Waals surface area (Å²) >= 11 is 0. The second-order valence-corrected chi connectivity index (χ2v) is 8.03. The van der Waals surface area contributed by atoms with E-state index in [2.05, 4.69) is 28.7 Å². The highest BCUT2D eigenvalue weighted by molar-refractivity contribution is 5.86. The first kappa shape index (κ1) is 16.2. The minimum Gasteiger partial charge on any atom is -0.494 e. The third-order valence-electron chi connectivity index (χ3n) is 6.00. The van der Waals surface area contributed by atoms with Gasteiger partial charge in [-0.2, -0.15) is 0 Å². The van der Waals surface area contributed by atoms with Gasteiger partial charge in [0.15, 0.2) is 0 Å². The van der Waals surface area contributed by atoms with Gasteiger partial charge in [-0.25, -0.2) is 9.97 Å². The zero-order valence-corrected chi connectivity index (χ0v) is 17.6. The molecule has 0 N–H and O–H groups in total. The summed E-state index contributed by atoms with van der Waals surface area (Å²) in [6.07, 6.45) is 9.06. The summed E-state index contributed by atoms with van der Waals surface area (Å²) in [7, 11) is -2.58. The van der Waals surface area contributed by atoms with Crippen LogP contribution in [0.3, 0.4) is 0 Å². The molecule has 1 aromatic carbocycles. The lowest BCUT2D eigenvalue weighted by atomic mass is 10.2. The zero-order valence-electron chi connectivity index (χ0n) is 20.6. The lowest BCUT2D eigenvalue weighted by Gasteiger charge is -2.27. The van der Waals surface area contributed by atoms with E-state index in [4.69, 9.17) is 18.8 Å². The molecule has 0 unspecified atom stereocenters. The number of imidazole rings is 1. The largest absolute Gasteiger partial charge is 0.494 e. The van der Waals surface area contributed by atoms with Crippen LogP contribution in [-0.4, -0.2) is 43.6 Å². The fourth-order valence-corrected chi connectivity index (χ4v) is 4.50. The van der Waals surface area contributed by atoms with Gasteiger partial charge >= 0.3 is 0 Å². The Kier molecular flexibility index (Phi) is 4.18. The SMILES string of the molecule is [2H]C([2H])([2H])Oc1cccc2nc(-c3ccc(N4[C@@H](C)CC[C@@H]4C)nc3)n(Cc3cnccn3)c12. The van der Waals surface area contributed by atoms with Crippen molar-refractivity contribution in [3.05, 3.63) is 60.8 Å². The van der Waals surface area contributed by atoms with Crippen LogP contribution in [0.5, 0.6) is 5.75 Å². The molecule has 1 fully saturated rings. The normalized spacial score (nSPS) is 20.5. The molecule has 1 aliphatic heterocycles. The molecule has 7 nitrogen and oxygen atoms in total. The summed E-state index contributed by atoms with van der Waals surface area (Å²) in [6, 6.07) is 10.2. The molecule has 3 aromatic heterocycles. The number of ether oxygens (including phenoxy) is 1. The number of nitrogens with zero attached hydrogens (tertiary/aromatic N) is 6. The Morgan fingerprint density at radius 2 is 1.94 bits per heavy atom. The van der Waals surface area contributed by atoms with Gasteiger partial charge in [-0.3, -0.25) is 9.97 Å². The molecule has 0 radical (unpaired) electrons. The second-order valence-electron chi connectivity index (χ2n) is 8.03. The number of para-hydroxylation sites is 1. The van der Waals surface area contributed by atoms with Crippen molar-refractivity contribution in [1.82, 2.24) is 24.5 Å². The molecule has 31 heavy (non-hydrogen) atoms. The van der Waals surface area contributed by atoms with Crippen molar-refractivity contribution in [1.29, 1.82) is 0 Å². The molecule has 0 spiro atoms. The summed E-state index contributed by atoms with van der Waals surface area (Å²) in [5.74, 6) is 1.84. The van der Waals surface area contributed by atoms with Crippen LogP contribution in [0.25, 0.3) is 22.4 Å². The molecule has 0 amide bonds. The molecule has 0 saturated carbocycles. The van der Waals surface area contributed by atoms with E-state index in [1.54, 1.807) is 30.7 Å². The van der Waals surface area contributed by atoms with Gasteiger partial charge in [0.25, 0.3) is 0 Å². The average molecular weight is 418 g/mol. The predicted molar refractivity (Wildman–Crippen MR) is 121 cm³/mol. The number of rotatable bonds is 5. The minimum absolute atomic E-state index is 0.240. The van der Waals surface area contributed by atoms with Crippen molar-refractivity contribution in [2.24, 2.45) is 0 Å². The Bertz CT molecular complexity index is 1280. The molecule has 0 aliphatic carbocycles. The van der Waals surface area contributed by atoms with Crippen molar-refractivity contribution < 1.29 is 8.85 Å². The fourth-order valence-electron chi connectivity index (χ4n) is 4.50. The predicted octanol–water partition coefficient (Wildman–Crippen LogP) is 4.32. The Hall–Kier alpha value is -3.48. The third-order valence-corrected chi connectivity index (χ3v) is 6.00. The molecule has 158 valence electrons. The Morgan fingerprint density at radius 3 is 2.65 bits per heavy atom. The topological polar surface area (TPSA) is 69.0 Å². The summed E-state index contributed by atoms with van der Waals surface area (Å²) in [5, 5.41) is 0. The highest BCUT2D eigenvalue weighted by atomic mass is 16.5. The van der Waals surface area contributed by atoms with Crippen LogP contribution in [-0.2, 0) is 6.54 Å². The molecule has 4 heterocycles. The zero-order chi connectivity index (χ0) is 23.9. The summed E-state index contributed by atoms with van der Waals surface area (Å²) < 4.78 is 30.0. The summed E-state index contributed by atoms with van der Waals surface area (Å²) in [5.41, 5.74) is 2.76. The smallest absolute Gasteiger partial charge is 0.144 e. The number of benzene rings is 1. The average Bonchev–Trinajstić information content (AvgIpc) is 3.34. The van der Waals surface area contributed by atoms with Gasteiger partial charge in [0.1, 0.15) is 22.9 Å². The molecule has 5 rings (SSSR count). The van der Waals surface area contributed by atoms with Crippen molar-refractivity contribution in [2.45, 2.75) is 45.3 Å².